The maximum absolute atomic E-state index is 12.5. The van der Waals surface area contributed by atoms with Gasteiger partial charge in [0.2, 0.25) is 5.91 Å². The largest absolute Gasteiger partial charge is 0.326 e. The van der Waals surface area contributed by atoms with Gasteiger partial charge >= 0.3 is 0 Å². The van der Waals surface area contributed by atoms with Crippen LogP contribution in [0.15, 0.2) is 88.7 Å². The fraction of sp³-hybridized carbons (Fsp3) is 0.0476. The number of amides is 2. The third kappa shape index (κ3) is 5.71. The molecule has 0 aliphatic carbocycles. The highest BCUT2D eigenvalue weighted by Crippen LogP contribution is 2.18. The lowest BCUT2D eigenvalue weighted by molar-refractivity contribution is -0.114. The fourth-order valence-electron chi connectivity index (χ4n) is 2.67. The van der Waals surface area contributed by atoms with E-state index in [9.17, 15) is 26.4 Å². The molecule has 0 atom stereocenters. The van der Waals surface area contributed by atoms with Gasteiger partial charge in [-0.25, -0.2) is 21.6 Å². The fourth-order valence-corrected chi connectivity index (χ4v) is 4.70. The number of hydrogen-bond donors (Lipinski definition) is 3. The Hall–Kier alpha value is -3.70. The molecular weight excluding hydrogens is 454 g/mol. The smallest absolute Gasteiger partial charge is 0.264 e. The minimum absolute atomic E-state index is 0.0397. The Morgan fingerprint density at radius 3 is 1.75 bits per heavy atom. The number of rotatable bonds is 7. The van der Waals surface area contributed by atoms with Crippen LogP contribution in [0.3, 0.4) is 0 Å². The van der Waals surface area contributed by atoms with Crippen LogP contribution in [0.25, 0.3) is 0 Å². The number of carbonyl (C=O) groups excluding carboxylic acids is 2. The number of nitrogens with one attached hydrogen (secondary N) is 3. The van der Waals surface area contributed by atoms with Crippen molar-refractivity contribution in [2.45, 2.75) is 16.7 Å². The van der Waals surface area contributed by atoms with E-state index in [0.717, 1.165) is 0 Å². The summed E-state index contributed by atoms with van der Waals surface area (Å²) < 4.78 is 54.2. The van der Waals surface area contributed by atoms with E-state index in [1.165, 1.54) is 55.5 Å². The van der Waals surface area contributed by atoms with Gasteiger partial charge in [0.05, 0.1) is 9.79 Å². The second-order valence-corrected chi connectivity index (χ2v) is 10.0. The summed E-state index contributed by atoms with van der Waals surface area (Å²) in [5.41, 5.74) is 0.746. The molecule has 0 bridgehead atoms. The van der Waals surface area contributed by atoms with E-state index in [1.54, 1.807) is 30.3 Å². The van der Waals surface area contributed by atoms with E-state index in [1.807, 2.05) is 4.72 Å². The predicted octanol–water partition coefficient (Wildman–Crippen LogP) is 2.56. The normalized spacial score (nSPS) is 11.4. The first-order valence-corrected chi connectivity index (χ1v) is 12.2. The summed E-state index contributed by atoms with van der Waals surface area (Å²) in [5.74, 6) is -1.23. The van der Waals surface area contributed by atoms with E-state index in [-0.39, 0.29) is 21.3 Å². The average molecular weight is 474 g/mol. The molecule has 3 N–H and O–H groups in total. The zero-order valence-electron chi connectivity index (χ0n) is 16.8. The summed E-state index contributed by atoms with van der Waals surface area (Å²) in [5, 5.41) is 2.51. The summed E-state index contributed by atoms with van der Waals surface area (Å²) in [7, 11) is -8.05. The Morgan fingerprint density at radius 1 is 0.656 bits per heavy atom. The van der Waals surface area contributed by atoms with Crippen LogP contribution in [-0.4, -0.2) is 28.6 Å². The molecule has 11 heteroatoms. The molecule has 3 rings (SSSR count). The van der Waals surface area contributed by atoms with E-state index >= 15 is 0 Å². The van der Waals surface area contributed by atoms with Gasteiger partial charge in [0.25, 0.3) is 26.0 Å². The highest BCUT2D eigenvalue weighted by Gasteiger charge is 2.20. The third-order valence-electron chi connectivity index (χ3n) is 4.16. The average Bonchev–Trinajstić information content (AvgIpc) is 2.74. The molecule has 2 amide bonds. The lowest BCUT2D eigenvalue weighted by atomic mass is 10.2. The number of para-hydroxylation sites is 1. The molecule has 0 radical (unpaired) electrons. The predicted molar refractivity (Wildman–Crippen MR) is 119 cm³/mol. The molecule has 9 nitrogen and oxygen atoms in total. The van der Waals surface area contributed by atoms with Crippen LogP contribution in [0.2, 0.25) is 0 Å². The Labute approximate surface area is 185 Å². The van der Waals surface area contributed by atoms with Crippen molar-refractivity contribution < 1.29 is 26.4 Å². The van der Waals surface area contributed by atoms with Gasteiger partial charge in [-0.15, -0.1) is 0 Å². The van der Waals surface area contributed by atoms with Crippen molar-refractivity contribution in [2.24, 2.45) is 0 Å². The topological polar surface area (TPSA) is 139 Å². The lowest BCUT2D eigenvalue weighted by Crippen LogP contribution is -2.30. The van der Waals surface area contributed by atoms with Crippen LogP contribution in [-0.2, 0) is 24.8 Å². The lowest BCUT2D eigenvalue weighted by Gasteiger charge is -2.10. The maximum atomic E-state index is 12.5. The van der Waals surface area contributed by atoms with Gasteiger partial charge in [-0.2, -0.15) is 0 Å². The third-order valence-corrected chi connectivity index (χ3v) is 6.91. The number of sulfonamides is 2. The molecule has 0 saturated heterocycles. The van der Waals surface area contributed by atoms with Crippen molar-refractivity contribution in [3.63, 3.8) is 0 Å². The molecule has 32 heavy (non-hydrogen) atoms. The van der Waals surface area contributed by atoms with Gasteiger partial charge in [-0.3, -0.25) is 14.3 Å². The van der Waals surface area contributed by atoms with Gasteiger partial charge in [-0.05, 0) is 60.7 Å². The van der Waals surface area contributed by atoms with Gasteiger partial charge in [-0.1, -0.05) is 18.2 Å². The van der Waals surface area contributed by atoms with Crippen molar-refractivity contribution in [1.82, 2.24) is 4.72 Å². The number of benzene rings is 3. The second kappa shape index (κ2) is 9.20. The SMILES string of the molecule is CC(=O)Nc1ccc(S(=O)(=O)NC(=O)c2ccc(S(=O)(=O)Nc3ccccc3)cc2)cc1. The summed E-state index contributed by atoms with van der Waals surface area (Å²) in [6.45, 7) is 1.32. The maximum Gasteiger partial charge on any atom is 0.264 e. The van der Waals surface area contributed by atoms with Crippen LogP contribution >= 0.6 is 0 Å². The van der Waals surface area contributed by atoms with Gasteiger partial charge in [0.1, 0.15) is 0 Å². The van der Waals surface area contributed by atoms with Crippen molar-refractivity contribution in [3.05, 3.63) is 84.4 Å². The molecule has 0 spiro atoms. The van der Waals surface area contributed by atoms with Gasteiger partial charge < -0.3 is 5.32 Å². The zero-order chi connectivity index (χ0) is 23.4. The molecule has 0 fully saturated rings. The van der Waals surface area contributed by atoms with Crippen LogP contribution in [0.1, 0.15) is 17.3 Å². The van der Waals surface area contributed by atoms with Crippen molar-refractivity contribution in [1.29, 1.82) is 0 Å². The first-order chi connectivity index (χ1) is 15.1. The van der Waals surface area contributed by atoms with Crippen molar-refractivity contribution >= 4 is 43.2 Å². The highest BCUT2D eigenvalue weighted by molar-refractivity contribution is 7.92. The molecule has 166 valence electrons. The first kappa shape index (κ1) is 23.0. The van der Waals surface area contributed by atoms with Crippen LogP contribution in [0.4, 0.5) is 11.4 Å². The molecule has 0 aromatic heterocycles. The molecule has 3 aromatic rings. The van der Waals surface area contributed by atoms with Crippen LogP contribution in [0.5, 0.6) is 0 Å². The van der Waals surface area contributed by atoms with E-state index in [2.05, 4.69) is 10.0 Å². The van der Waals surface area contributed by atoms with Gasteiger partial charge in [0.15, 0.2) is 0 Å². The quantitative estimate of drug-likeness (QED) is 0.482. The Balaban J connectivity index is 1.72. The molecule has 0 unspecified atom stereocenters. The Kier molecular flexibility index (Phi) is 6.61. The number of hydrogen-bond acceptors (Lipinski definition) is 6. The van der Waals surface area contributed by atoms with Crippen molar-refractivity contribution in [2.75, 3.05) is 10.0 Å². The van der Waals surface area contributed by atoms with Gasteiger partial charge in [0, 0.05) is 23.9 Å². The molecule has 0 aliphatic rings. The first-order valence-electron chi connectivity index (χ1n) is 9.19. The highest BCUT2D eigenvalue weighted by atomic mass is 32.2. The van der Waals surface area contributed by atoms with Crippen LogP contribution in [0, 0.1) is 0 Å². The Morgan fingerprint density at radius 2 is 1.19 bits per heavy atom. The number of carbonyl (C=O) groups is 2. The standard InChI is InChI=1S/C21H19N3O6S2/c1-15(25)22-17-9-13-20(14-10-17)32(29,30)24-21(26)16-7-11-19(12-8-16)31(27,28)23-18-5-3-2-4-6-18/h2-14,23H,1H3,(H,22,25)(H,24,26). The zero-order valence-corrected chi connectivity index (χ0v) is 18.4. The summed E-state index contributed by atoms with van der Waals surface area (Å²) in [6, 6.07) is 18.4. The van der Waals surface area contributed by atoms with E-state index < -0.39 is 26.0 Å². The van der Waals surface area contributed by atoms with E-state index in [0.29, 0.717) is 11.4 Å². The monoisotopic (exact) mass is 473 g/mol. The minimum Gasteiger partial charge on any atom is -0.326 e. The van der Waals surface area contributed by atoms with Crippen LogP contribution < -0.4 is 14.8 Å². The molecular formula is C21H19N3O6S2. The molecule has 0 saturated carbocycles. The Bertz CT molecular complexity index is 1340. The summed E-state index contributed by atoms with van der Waals surface area (Å²) >= 11 is 0. The molecule has 0 heterocycles. The molecule has 0 aliphatic heterocycles. The van der Waals surface area contributed by atoms with Crippen molar-refractivity contribution in [3.8, 4) is 0 Å². The summed E-state index contributed by atoms with van der Waals surface area (Å²) in [4.78, 5) is 23.2. The second-order valence-electron chi connectivity index (χ2n) is 6.64. The number of anilines is 2. The van der Waals surface area contributed by atoms with E-state index in [4.69, 9.17) is 0 Å². The minimum atomic E-state index is -4.17. The molecule has 3 aromatic carbocycles. The summed E-state index contributed by atoms with van der Waals surface area (Å²) in [6.07, 6.45) is 0.